The van der Waals surface area contributed by atoms with Crippen LogP contribution in [0, 0.1) is 5.92 Å². The lowest BCUT2D eigenvalue weighted by Gasteiger charge is -2.57. The van der Waals surface area contributed by atoms with Crippen molar-refractivity contribution in [3.8, 4) is 11.5 Å². The number of phenols is 1. The minimum absolute atomic E-state index is 0.0246. The van der Waals surface area contributed by atoms with Crippen LogP contribution < -0.4 is 4.74 Å². The van der Waals surface area contributed by atoms with Gasteiger partial charge in [-0.25, -0.2) is 0 Å². The fraction of sp³-hybridized carbons (Fsp3) is 0.480. The summed E-state index contributed by atoms with van der Waals surface area (Å²) >= 11 is 0. The third-order valence-corrected chi connectivity index (χ3v) is 8.12. The Hall–Kier alpha value is -2.37. The number of aliphatic hydroxyl groups is 1. The first-order valence-electron chi connectivity index (χ1n) is 11.1. The summed E-state index contributed by atoms with van der Waals surface area (Å²) < 4.78 is 6.20. The van der Waals surface area contributed by atoms with E-state index in [1.807, 2.05) is 6.07 Å². The quantitative estimate of drug-likeness (QED) is 0.819. The summed E-state index contributed by atoms with van der Waals surface area (Å²) in [6.45, 7) is 1.73. The van der Waals surface area contributed by atoms with E-state index in [1.165, 1.54) is 5.56 Å². The van der Waals surface area contributed by atoms with Crippen LogP contribution in [0.4, 0.5) is 0 Å². The molecule has 1 saturated carbocycles. The average molecular weight is 405 g/mol. The Morgan fingerprint density at radius 2 is 2.07 bits per heavy atom. The van der Waals surface area contributed by atoms with Gasteiger partial charge in [-0.05, 0) is 55.3 Å². The second-order valence-electron chi connectivity index (χ2n) is 9.35. The van der Waals surface area contributed by atoms with Crippen molar-refractivity contribution in [2.75, 3.05) is 13.1 Å². The Labute approximate surface area is 176 Å². The van der Waals surface area contributed by atoms with Crippen LogP contribution in [0.1, 0.15) is 41.5 Å². The maximum Gasteiger partial charge on any atom is 0.174 e. The van der Waals surface area contributed by atoms with Crippen molar-refractivity contribution < 1.29 is 19.7 Å². The SMILES string of the molecule is O=C1CC[C@H]2[C@H]3Cc4cc(CO)c(O)c5c4[C@@]2(CCN3CCc2ccccc2)C1O5. The second kappa shape index (κ2) is 6.56. The van der Waals surface area contributed by atoms with Crippen molar-refractivity contribution >= 4 is 5.78 Å². The number of hydrogen-bond acceptors (Lipinski definition) is 5. The van der Waals surface area contributed by atoms with Crippen LogP contribution >= 0.6 is 0 Å². The predicted molar refractivity (Wildman–Crippen MR) is 112 cm³/mol. The Kier molecular flexibility index (Phi) is 4.03. The summed E-state index contributed by atoms with van der Waals surface area (Å²) in [5.74, 6) is 1.03. The molecule has 30 heavy (non-hydrogen) atoms. The van der Waals surface area contributed by atoms with Crippen LogP contribution in [0.25, 0.3) is 0 Å². The van der Waals surface area contributed by atoms with Gasteiger partial charge < -0.3 is 14.9 Å². The monoisotopic (exact) mass is 405 g/mol. The molecule has 156 valence electrons. The van der Waals surface area contributed by atoms with E-state index in [9.17, 15) is 15.0 Å². The van der Waals surface area contributed by atoms with Gasteiger partial charge in [0.2, 0.25) is 0 Å². The fourth-order valence-corrected chi connectivity index (χ4v) is 6.86. The molecule has 5 heteroatoms. The van der Waals surface area contributed by atoms with E-state index in [1.54, 1.807) is 0 Å². The number of carbonyl (C=O) groups is 1. The van der Waals surface area contributed by atoms with E-state index in [2.05, 4.69) is 35.2 Å². The smallest absolute Gasteiger partial charge is 0.174 e. The molecule has 2 aliphatic carbocycles. The topological polar surface area (TPSA) is 70.0 Å². The number of benzene rings is 2. The van der Waals surface area contributed by atoms with Crippen molar-refractivity contribution in [3.63, 3.8) is 0 Å². The summed E-state index contributed by atoms with van der Waals surface area (Å²) in [6, 6.07) is 12.9. The average Bonchev–Trinajstić information content (AvgIpc) is 3.12. The maximum absolute atomic E-state index is 12.9. The van der Waals surface area contributed by atoms with Gasteiger partial charge in [0, 0.05) is 35.5 Å². The van der Waals surface area contributed by atoms with Gasteiger partial charge in [0.25, 0.3) is 0 Å². The zero-order valence-corrected chi connectivity index (χ0v) is 17.0. The highest BCUT2D eigenvalue weighted by molar-refractivity contribution is 5.89. The molecule has 1 saturated heterocycles. The molecule has 0 radical (unpaired) electrons. The van der Waals surface area contributed by atoms with E-state index < -0.39 is 6.10 Å². The van der Waals surface area contributed by atoms with Crippen LogP contribution in [0.5, 0.6) is 11.5 Å². The lowest BCUT2D eigenvalue weighted by Crippen LogP contribution is -2.66. The van der Waals surface area contributed by atoms with Crippen LogP contribution in [0.3, 0.4) is 0 Å². The molecule has 2 aliphatic heterocycles. The summed E-state index contributed by atoms with van der Waals surface area (Å²) in [6.07, 6.45) is 3.76. The van der Waals surface area contributed by atoms with Crippen molar-refractivity contribution in [2.24, 2.45) is 5.92 Å². The molecule has 1 spiro atoms. The van der Waals surface area contributed by atoms with Gasteiger partial charge in [-0.15, -0.1) is 0 Å². The first kappa shape index (κ1) is 18.4. The van der Waals surface area contributed by atoms with Crippen LogP contribution in [-0.2, 0) is 29.7 Å². The van der Waals surface area contributed by atoms with Gasteiger partial charge in [-0.1, -0.05) is 30.3 Å². The van der Waals surface area contributed by atoms with Crippen molar-refractivity contribution in [3.05, 3.63) is 58.7 Å². The summed E-state index contributed by atoms with van der Waals surface area (Å²) in [5.41, 5.74) is 3.76. The Bertz CT molecular complexity index is 1020. The maximum atomic E-state index is 12.9. The minimum atomic E-state index is -0.482. The number of ether oxygens (including phenoxy) is 1. The zero-order valence-electron chi connectivity index (χ0n) is 17.0. The molecule has 2 bridgehead atoms. The predicted octanol–water partition coefficient (Wildman–Crippen LogP) is 2.74. The van der Waals surface area contributed by atoms with E-state index in [-0.39, 0.29) is 23.6 Å². The Morgan fingerprint density at radius 3 is 2.87 bits per heavy atom. The number of ketones is 1. The van der Waals surface area contributed by atoms with Gasteiger partial charge >= 0.3 is 0 Å². The number of aliphatic hydroxyl groups excluding tert-OH is 1. The molecule has 2 aromatic rings. The third-order valence-electron chi connectivity index (χ3n) is 8.12. The van der Waals surface area contributed by atoms with Crippen LogP contribution in [0.2, 0.25) is 0 Å². The molecule has 0 amide bonds. The molecular weight excluding hydrogens is 378 g/mol. The Morgan fingerprint density at radius 1 is 1.23 bits per heavy atom. The van der Waals surface area contributed by atoms with Gasteiger partial charge in [0.05, 0.1) is 6.61 Å². The van der Waals surface area contributed by atoms with Crippen molar-refractivity contribution in [2.45, 2.75) is 56.3 Å². The number of rotatable bonds is 4. The lowest BCUT2D eigenvalue weighted by atomic mass is 9.51. The van der Waals surface area contributed by atoms with Crippen molar-refractivity contribution in [1.82, 2.24) is 4.90 Å². The minimum Gasteiger partial charge on any atom is -0.504 e. The molecule has 2 aromatic carbocycles. The van der Waals surface area contributed by atoms with E-state index in [4.69, 9.17) is 4.74 Å². The summed E-state index contributed by atoms with van der Waals surface area (Å²) in [7, 11) is 0. The van der Waals surface area contributed by atoms with E-state index in [0.717, 1.165) is 49.9 Å². The second-order valence-corrected chi connectivity index (χ2v) is 9.35. The molecular formula is C25H27NO4. The largest absolute Gasteiger partial charge is 0.504 e. The van der Waals surface area contributed by atoms with Gasteiger partial charge in [-0.3, -0.25) is 9.69 Å². The highest BCUT2D eigenvalue weighted by atomic mass is 16.5. The van der Waals surface area contributed by atoms with Gasteiger partial charge in [0.1, 0.15) is 0 Å². The number of hydrogen-bond donors (Lipinski definition) is 2. The highest BCUT2D eigenvalue weighted by Gasteiger charge is 2.65. The number of carbonyl (C=O) groups excluding carboxylic acids is 1. The van der Waals surface area contributed by atoms with Crippen LogP contribution in [-0.4, -0.2) is 46.1 Å². The molecule has 0 aromatic heterocycles. The highest BCUT2D eigenvalue weighted by Crippen LogP contribution is 2.63. The summed E-state index contributed by atoms with van der Waals surface area (Å²) in [5, 5.41) is 20.5. The standard InChI is InChI=1S/C25H27NO4/c27-14-17-12-16-13-19-18-6-7-20(28)24-25(18,21(16)23(30-24)22(17)29)9-11-26(19)10-8-15-4-2-1-3-5-15/h1-5,12,18-19,24,27,29H,6-11,13-14H2/t18-,19+,24?,25-/m0/s1. The molecule has 4 atom stereocenters. The first-order chi connectivity index (χ1) is 14.6. The Balaban J connectivity index is 1.41. The number of piperidine rings is 1. The summed E-state index contributed by atoms with van der Waals surface area (Å²) in [4.78, 5) is 15.5. The zero-order chi connectivity index (χ0) is 20.5. The number of aromatic hydroxyl groups is 1. The molecule has 2 fully saturated rings. The molecule has 5 nitrogen and oxygen atoms in total. The molecule has 4 aliphatic rings. The molecule has 2 heterocycles. The molecule has 2 N–H and O–H groups in total. The lowest BCUT2D eigenvalue weighted by molar-refractivity contribution is -0.138. The fourth-order valence-electron chi connectivity index (χ4n) is 6.86. The third kappa shape index (κ3) is 2.33. The number of Topliss-reactive ketones (excluding diaryl/α,β-unsaturated/α-hetero) is 1. The molecule has 6 rings (SSSR count). The number of nitrogens with zero attached hydrogens (tertiary/aromatic N) is 1. The van der Waals surface area contributed by atoms with E-state index >= 15 is 0 Å². The van der Waals surface area contributed by atoms with Gasteiger partial charge in [0.15, 0.2) is 23.4 Å². The van der Waals surface area contributed by atoms with E-state index in [0.29, 0.717) is 29.7 Å². The number of likely N-dealkylation sites (tertiary alicyclic amines) is 1. The first-order valence-corrected chi connectivity index (χ1v) is 11.1. The van der Waals surface area contributed by atoms with Crippen molar-refractivity contribution in [1.29, 1.82) is 0 Å². The molecule has 1 unspecified atom stereocenters. The van der Waals surface area contributed by atoms with Crippen LogP contribution in [0.15, 0.2) is 36.4 Å². The normalized spacial score (nSPS) is 31.4. The van der Waals surface area contributed by atoms with Gasteiger partial charge in [-0.2, -0.15) is 0 Å².